The van der Waals surface area contributed by atoms with Crippen LogP contribution < -0.4 is 5.43 Å². The molecule has 2 aromatic carbocycles. The molecule has 3 rings (SSSR count). The summed E-state index contributed by atoms with van der Waals surface area (Å²) >= 11 is 12.1. The predicted molar refractivity (Wildman–Crippen MR) is 102 cm³/mol. The van der Waals surface area contributed by atoms with Crippen molar-refractivity contribution in [1.29, 1.82) is 0 Å². The number of rotatable bonds is 5. The first-order valence-electron chi connectivity index (χ1n) is 7.57. The van der Waals surface area contributed by atoms with Crippen LogP contribution in [-0.2, 0) is 0 Å². The molecule has 0 unspecified atom stereocenters. The monoisotopic (exact) mass is 403 g/mol. The summed E-state index contributed by atoms with van der Waals surface area (Å²) in [5.41, 5.74) is 2.85. The maximum Gasteiger partial charge on any atom is 0.271 e. The zero-order valence-corrected chi connectivity index (χ0v) is 15.1. The van der Waals surface area contributed by atoms with Gasteiger partial charge in [-0.05, 0) is 36.4 Å². The van der Waals surface area contributed by atoms with Crippen LogP contribution in [0.25, 0.3) is 11.3 Å². The summed E-state index contributed by atoms with van der Waals surface area (Å²) in [5, 5.41) is 15.5. The first-order valence-corrected chi connectivity index (χ1v) is 8.33. The molecule has 0 aliphatic heterocycles. The number of nitrogens with zero attached hydrogens (tertiary/aromatic N) is 2. The van der Waals surface area contributed by atoms with Crippen molar-refractivity contribution in [2.75, 3.05) is 0 Å². The van der Waals surface area contributed by atoms with Crippen LogP contribution in [0.1, 0.15) is 16.1 Å². The summed E-state index contributed by atoms with van der Waals surface area (Å²) in [6.45, 7) is 0. The lowest BCUT2D eigenvalue weighted by Gasteiger charge is -2.01. The molecule has 0 atom stereocenters. The standard InChI is InChI=1S/C18H11Cl2N3O4/c19-12-4-6-16(20)15(9-12)17-7-5-14(27-17)10-21-22-18(24)11-2-1-3-13(8-11)23(25)26/h1-10H,(H,22,24). The van der Waals surface area contributed by atoms with Gasteiger partial charge in [0, 0.05) is 28.3 Å². The van der Waals surface area contributed by atoms with E-state index in [2.05, 4.69) is 10.5 Å². The fourth-order valence-corrected chi connectivity index (χ4v) is 2.62. The molecule has 0 radical (unpaired) electrons. The zero-order valence-electron chi connectivity index (χ0n) is 13.6. The summed E-state index contributed by atoms with van der Waals surface area (Å²) in [7, 11) is 0. The molecule has 0 aliphatic rings. The Bertz CT molecular complexity index is 1050. The van der Waals surface area contributed by atoms with Gasteiger partial charge in [-0.15, -0.1) is 0 Å². The highest BCUT2D eigenvalue weighted by atomic mass is 35.5. The summed E-state index contributed by atoms with van der Waals surface area (Å²) in [5.74, 6) is 0.286. The molecule has 0 spiro atoms. The van der Waals surface area contributed by atoms with Crippen molar-refractivity contribution in [2.24, 2.45) is 5.10 Å². The number of nitro groups is 1. The van der Waals surface area contributed by atoms with Gasteiger partial charge in [0.25, 0.3) is 11.6 Å². The van der Waals surface area contributed by atoms with E-state index < -0.39 is 10.8 Å². The number of carbonyl (C=O) groups excluding carboxylic acids is 1. The van der Waals surface area contributed by atoms with E-state index in [1.807, 2.05) is 0 Å². The van der Waals surface area contributed by atoms with Crippen molar-refractivity contribution < 1.29 is 14.1 Å². The Balaban J connectivity index is 1.69. The van der Waals surface area contributed by atoms with Crippen molar-refractivity contribution >= 4 is 41.0 Å². The van der Waals surface area contributed by atoms with Crippen molar-refractivity contribution in [3.63, 3.8) is 0 Å². The topological polar surface area (TPSA) is 97.7 Å². The van der Waals surface area contributed by atoms with Crippen LogP contribution in [0.15, 0.2) is 64.1 Å². The number of non-ortho nitro benzene ring substituents is 1. The Morgan fingerprint density at radius 3 is 2.74 bits per heavy atom. The molecule has 0 aliphatic carbocycles. The lowest BCUT2D eigenvalue weighted by atomic mass is 10.2. The summed E-state index contributed by atoms with van der Waals surface area (Å²) < 4.78 is 5.61. The Hall–Kier alpha value is -3.16. The minimum atomic E-state index is -0.584. The van der Waals surface area contributed by atoms with E-state index in [1.54, 1.807) is 30.3 Å². The van der Waals surface area contributed by atoms with E-state index in [0.717, 1.165) is 6.07 Å². The van der Waals surface area contributed by atoms with Crippen molar-refractivity contribution in [3.05, 3.63) is 86.1 Å². The summed E-state index contributed by atoms with van der Waals surface area (Å²) in [6.07, 6.45) is 1.30. The van der Waals surface area contributed by atoms with Crippen LogP contribution in [0.5, 0.6) is 0 Å². The normalized spacial score (nSPS) is 10.9. The highest BCUT2D eigenvalue weighted by Gasteiger charge is 2.11. The van der Waals surface area contributed by atoms with Gasteiger partial charge in [-0.1, -0.05) is 29.3 Å². The second-order valence-corrected chi connectivity index (χ2v) is 6.18. The number of hydrogen-bond donors (Lipinski definition) is 1. The van der Waals surface area contributed by atoms with Crippen molar-refractivity contribution in [2.45, 2.75) is 0 Å². The first kappa shape index (κ1) is 18.6. The zero-order chi connectivity index (χ0) is 19.4. The van der Waals surface area contributed by atoms with Crippen LogP contribution in [0.3, 0.4) is 0 Å². The maximum absolute atomic E-state index is 12.0. The fraction of sp³-hybridized carbons (Fsp3) is 0. The summed E-state index contributed by atoms with van der Waals surface area (Å²) in [4.78, 5) is 22.2. The van der Waals surface area contributed by atoms with Crippen LogP contribution in [0.4, 0.5) is 5.69 Å². The van der Waals surface area contributed by atoms with E-state index >= 15 is 0 Å². The molecule has 1 aromatic heterocycles. The SMILES string of the molecule is O=C(NN=Cc1ccc(-c2cc(Cl)ccc2Cl)o1)c1cccc([N+](=O)[O-])c1. The Morgan fingerprint density at radius 2 is 1.96 bits per heavy atom. The van der Waals surface area contributed by atoms with E-state index in [4.69, 9.17) is 27.6 Å². The third kappa shape index (κ3) is 4.52. The minimum absolute atomic E-state index is 0.118. The minimum Gasteiger partial charge on any atom is -0.455 e. The second-order valence-electron chi connectivity index (χ2n) is 5.33. The smallest absolute Gasteiger partial charge is 0.271 e. The van der Waals surface area contributed by atoms with Gasteiger partial charge in [-0.3, -0.25) is 14.9 Å². The third-order valence-electron chi connectivity index (χ3n) is 3.50. The number of amides is 1. The average molecular weight is 404 g/mol. The van der Waals surface area contributed by atoms with Crippen LogP contribution >= 0.6 is 23.2 Å². The Morgan fingerprint density at radius 1 is 1.15 bits per heavy atom. The van der Waals surface area contributed by atoms with Gasteiger partial charge in [-0.2, -0.15) is 5.10 Å². The quantitative estimate of drug-likeness (QED) is 0.371. The van der Waals surface area contributed by atoms with Crippen molar-refractivity contribution in [3.8, 4) is 11.3 Å². The van der Waals surface area contributed by atoms with E-state index in [9.17, 15) is 14.9 Å². The van der Waals surface area contributed by atoms with Crippen LogP contribution in [0, 0.1) is 10.1 Å². The van der Waals surface area contributed by atoms with Gasteiger partial charge in [-0.25, -0.2) is 5.43 Å². The number of nitrogens with one attached hydrogen (secondary N) is 1. The molecule has 1 heterocycles. The Labute approximate surface area is 163 Å². The molecule has 136 valence electrons. The molecule has 27 heavy (non-hydrogen) atoms. The molecule has 0 saturated heterocycles. The first-order chi connectivity index (χ1) is 12.9. The third-order valence-corrected chi connectivity index (χ3v) is 4.06. The number of hydrazone groups is 1. The van der Waals surface area contributed by atoms with E-state index in [-0.39, 0.29) is 11.3 Å². The van der Waals surface area contributed by atoms with Gasteiger partial charge < -0.3 is 4.42 Å². The molecular formula is C18H11Cl2N3O4. The van der Waals surface area contributed by atoms with Gasteiger partial charge in [0.05, 0.1) is 16.2 Å². The molecule has 9 heteroatoms. The number of benzene rings is 2. The number of furan rings is 1. The molecule has 0 fully saturated rings. The van der Waals surface area contributed by atoms with Crippen molar-refractivity contribution in [1.82, 2.24) is 5.43 Å². The fourth-order valence-electron chi connectivity index (χ4n) is 2.23. The highest BCUT2D eigenvalue weighted by Crippen LogP contribution is 2.31. The molecule has 7 nitrogen and oxygen atoms in total. The summed E-state index contributed by atoms with van der Waals surface area (Å²) in [6, 6.07) is 13.7. The van der Waals surface area contributed by atoms with E-state index in [0.29, 0.717) is 27.1 Å². The number of halogens is 2. The molecule has 0 bridgehead atoms. The second kappa shape index (κ2) is 8.03. The van der Waals surface area contributed by atoms with Gasteiger partial charge in [0.15, 0.2) is 0 Å². The lowest BCUT2D eigenvalue weighted by molar-refractivity contribution is -0.384. The van der Waals surface area contributed by atoms with Gasteiger partial charge in [0.2, 0.25) is 0 Å². The maximum atomic E-state index is 12.0. The van der Waals surface area contributed by atoms with E-state index in [1.165, 1.54) is 24.4 Å². The lowest BCUT2D eigenvalue weighted by Crippen LogP contribution is -2.17. The largest absolute Gasteiger partial charge is 0.455 e. The van der Waals surface area contributed by atoms with Gasteiger partial charge >= 0.3 is 0 Å². The highest BCUT2D eigenvalue weighted by molar-refractivity contribution is 6.35. The molecule has 0 saturated carbocycles. The number of hydrogen-bond acceptors (Lipinski definition) is 5. The predicted octanol–water partition coefficient (Wildman–Crippen LogP) is 4.93. The molecular weight excluding hydrogens is 393 g/mol. The average Bonchev–Trinajstić information content (AvgIpc) is 3.12. The Kier molecular flexibility index (Phi) is 5.54. The molecule has 1 N–H and O–H groups in total. The van der Waals surface area contributed by atoms with Crippen LogP contribution in [-0.4, -0.2) is 17.0 Å². The molecule has 1 amide bonds. The van der Waals surface area contributed by atoms with Gasteiger partial charge in [0.1, 0.15) is 11.5 Å². The number of carbonyl (C=O) groups is 1. The van der Waals surface area contributed by atoms with Crippen LogP contribution in [0.2, 0.25) is 10.0 Å². The molecule has 3 aromatic rings. The number of nitro benzene ring substituents is 1.